The molecule has 0 aromatic rings. The fourth-order valence-electron chi connectivity index (χ4n) is 0. The van der Waals surface area contributed by atoms with Crippen molar-refractivity contribution in [2.45, 2.75) is 0 Å². The van der Waals surface area contributed by atoms with Gasteiger partial charge in [-0.3, -0.25) is 0 Å². The molecule has 0 aliphatic rings. The van der Waals surface area contributed by atoms with Crippen LogP contribution >= 0.6 is 23.2 Å². The molecular formula is C2H4Cl2Na. The minimum absolute atomic E-state index is 0. The smallest absolute Gasteiger partial charge is 0.0359 e. The van der Waals surface area contributed by atoms with Crippen LogP contribution in [0.3, 0.4) is 0 Å². The van der Waals surface area contributed by atoms with Crippen LogP contribution in [0, 0.1) is 0 Å². The molecule has 0 saturated carbocycles. The van der Waals surface area contributed by atoms with Crippen molar-refractivity contribution >= 4 is 52.8 Å². The molecule has 0 spiro atoms. The summed E-state index contributed by atoms with van der Waals surface area (Å²) in [6.07, 6.45) is 0. The fourth-order valence-corrected chi connectivity index (χ4v) is 0. The van der Waals surface area contributed by atoms with Gasteiger partial charge in [-0.1, -0.05) is 0 Å². The Morgan fingerprint density at radius 3 is 1.20 bits per heavy atom. The Kier molecular flexibility index (Phi) is 17.8. The van der Waals surface area contributed by atoms with Gasteiger partial charge in [-0.2, -0.15) is 0 Å². The van der Waals surface area contributed by atoms with Gasteiger partial charge in [0.1, 0.15) is 0 Å². The van der Waals surface area contributed by atoms with Crippen molar-refractivity contribution in [1.29, 1.82) is 0 Å². The van der Waals surface area contributed by atoms with Crippen LogP contribution in [0.1, 0.15) is 0 Å². The average molecular weight is 122 g/mol. The number of halogens is 2. The monoisotopic (exact) mass is 121 g/mol. The molecule has 0 N–H and O–H groups in total. The summed E-state index contributed by atoms with van der Waals surface area (Å²) in [6.45, 7) is 0. The molecule has 0 aliphatic heterocycles. The van der Waals surface area contributed by atoms with Crippen molar-refractivity contribution in [1.82, 2.24) is 0 Å². The zero-order valence-electron chi connectivity index (χ0n) is 3.17. The molecule has 0 nitrogen and oxygen atoms in total. The maximum Gasteiger partial charge on any atom is 0.0359 e. The van der Waals surface area contributed by atoms with Gasteiger partial charge in [0.15, 0.2) is 0 Å². The first-order chi connectivity index (χ1) is 1.91. The van der Waals surface area contributed by atoms with Crippen LogP contribution in [0.4, 0.5) is 0 Å². The van der Waals surface area contributed by atoms with Gasteiger partial charge in [-0.25, -0.2) is 0 Å². The van der Waals surface area contributed by atoms with E-state index in [0.717, 1.165) is 0 Å². The van der Waals surface area contributed by atoms with Gasteiger partial charge >= 0.3 is 0 Å². The maximum atomic E-state index is 5.05. The van der Waals surface area contributed by atoms with Gasteiger partial charge in [-0.15, -0.1) is 23.2 Å². The van der Waals surface area contributed by atoms with Crippen LogP contribution in [-0.4, -0.2) is 41.3 Å². The van der Waals surface area contributed by atoms with Crippen LogP contribution in [0.25, 0.3) is 0 Å². The predicted molar refractivity (Wildman–Crippen MR) is 27.2 cm³/mol. The largest absolute Gasteiger partial charge is 0.125 e. The van der Waals surface area contributed by atoms with Gasteiger partial charge < -0.3 is 0 Å². The first kappa shape index (κ1) is 9.77. The van der Waals surface area contributed by atoms with Gasteiger partial charge in [0, 0.05) is 41.3 Å². The Bertz CT molecular complexity index is 9.61. The normalized spacial score (nSPS) is 6.00. The molecule has 3 heteroatoms. The summed E-state index contributed by atoms with van der Waals surface area (Å²) in [5.74, 6) is 1.11. The minimum Gasteiger partial charge on any atom is -0.125 e. The van der Waals surface area contributed by atoms with E-state index in [0.29, 0.717) is 11.8 Å². The van der Waals surface area contributed by atoms with E-state index in [1.165, 1.54) is 0 Å². The number of hydrogen-bond donors (Lipinski definition) is 0. The summed E-state index contributed by atoms with van der Waals surface area (Å²) in [5, 5.41) is 0. The summed E-state index contributed by atoms with van der Waals surface area (Å²) < 4.78 is 0. The van der Waals surface area contributed by atoms with Crippen LogP contribution < -0.4 is 0 Å². The molecule has 1 radical (unpaired) electrons. The van der Waals surface area contributed by atoms with Gasteiger partial charge in [-0.05, 0) is 0 Å². The molecule has 0 fully saturated rings. The van der Waals surface area contributed by atoms with Crippen molar-refractivity contribution in [2.75, 3.05) is 11.8 Å². The summed E-state index contributed by atoms with van der Waals surface area (Å²) in [6, 6.07) is 0. The number of rotatable bonds is 1. The van der Waals surface area contributed by atoms with E-state index >= 15 is 0 Å². The first-order valence-corrected chi connectivity index (χ1v) is 2.10. The Hall–Kier alpha value is 1.58. The second-order valence-electron chi connectivity index (χ2n) is 0.378. The van der Waals surface area contributed by atoms with E-state index in [4.69, 9.17) is 23.2 Å². The first-order valence-electron chi connectivity index (χ1n) is 1.03. The van der Waals surface area contributed by atoms with E-state index in [2.05, 4.69) is 0 Å². The van der Waals surface area contributed by atoms with Crippen molar-refractivity contribution in [3.8, 4) is 0 Å². The third-order valence-electron chi connectivity index (χ3n) is 0.0714. The van der Waals surface area contributed by atoms with Crippen LogP contribution in [-0.2, 0) is 0 Å². The zero-order chi connectivity index (χ0) is 3.41. The standard InChI is InChI=1S/C2H4Cl2.Na/c3-1-2-4;/h1-2H2;. The topological polar surface area (TPSA) is 0 Å². The van der Waals surface area contributed by atoms with Crippen LogP contribution in [0.15, 0.2) is 0 Å². The Balaban J connectivity index is 0. The number of alkyl halides is 2. The predicted octanol–water partition coefficient (Wildman–Crippen LogP) is 1.08. The maximum absolute atomic E-state index is 5.05. The molecule has 0 amide bonds. The molecule has 0 heterocycles. The molecule has 5 heavy (non-hydrogen) atoms. The molecule has 0 rings (SSSR count). The SMILES string of the molecule is ClCCCl.[Na]. The molecular weight excluding hydrogens is 118 g/mol. The van der Waals surface area contributed by atoms with Crippen molar-refractivity contribution < 1.29 is 0 Å². The Labute approximate surface area is 64.1 Å². The summed E-state index contributed by atoms with van der Waals surface area (Å²) in [5.41, 5.74) is 0. The minimum atomic E-state index is 0. The third-order valence-corrected chi connectivity index (χ3v) is 0.643. The molecule has 0 saturated heterocycles. The van der Waals surface area contributed by atoms with E-state index < -0.39 is 0 Å². The molecule has 0 atom stereocenters. The third kappa shape index (κ3) is 10.7. The van der Waals surface area contributed by atoms with Gasteiger partial charge in [0.05, 0.1) is 0 Å². The second-order valence-corrected chi connectivity index (χ2v) is 1.13. The fraction of sp³-hybridized carbons (Fsp3) is 1.00. The second kappa shape index (κ2) is 9.13. The van der Waals surface area contributed by atoms with Crippen molar-refractivity contribution in [3.05, 3.63) is 0 Å². The van der Waals surface area contributed by atoms with E-state index in [-0.39, 0.29) is 29.6 Å². The summed E-state index contributed by atoms with van der Waals surface area (Å²) in [7, 11) is 0. The summed E-state index contributed by atoms with van der Waals surface area (Å²) in [4.78, 5) is 0. The van der Waals surface area contributed by atoms with E-state index in [9.17, 15) is 0 Å². The van der Waals surface area contributed by atoms with Crippen molar-refractivity contribution in [3.63, 3.8) is 0 Å². The molecule has 0 unspecified atom stereocenters. The van der Waals surface area contributed by atoms with Crippen molar-refractivity contribution in [2.24, 2.45) is 0 Å². The Morgan fingerprint density at radius 1 is 1.00 bits per heavy atom. The zero-order valence-corrected chi connectivity index (χ0v) is 6.68. The Morgan fingerprint density at radius 2 is 1.20 bits per heavy atom. The molecule has 27 valence electrons. The molecule has 0 aromatic heterocycles. The van der Waals surface area contributed by atoms with Gasteiger partial charge in [0.25, 0.3) is 0 Å². The molecule has 0 bridgehead atoms. The van der Waals surface area contributed by atoms with Crippen LogP contribution in [0.2, 0.25) is 0 Å². The number of hydrogen-bond acceptors (Lipinski definition) is 0. The van der Waals surface area contributed by atoms with Crippen LogP contribution in [0.5, 0.6) is 0 Å². The average Bonchev–Trinajstić information content (AvgIpc) is 1.37. The molecule has 0 aromatic carbocycles. The van der Waals surface area contributed by atoms with Gasteiger partial charge in [0.2, 0.25) is 0 Å². The van der Waals surface area contributed by atoms with E-state index in [1.54, 1.807) is 0 Å². The molecule has 0 aliphatic carbocycles. The van der Waals surface area contributed by atoms with E-state index in [1.807, 2.05) is 0 Å². The summed E-state index contributed by atoms with van der Waals surface area (Å²) >= 11 is 10.1. The quantitative estimate of drug-likeness (QED) is 0.360.